The lowest BCUT2D eigenvalue weighted by atomic mass is 10.0. The topological polar surface area (TPSA) is 72.9 Å². The average molecular weight is 250 g/mol. The Morgan fingerprint density at radius 2 is 2.18 bits per heavy atom. The maximum absolute atomic E-state index is 12.4. The van der Waals surface area contributed by atoms with Gasteiger partial charge in [0.2, 0.25) is 5.91 Å². The van der Waals surface area contributed by atoms with Crippen LogP contribution >= 0.6 is 0 Å². The van der Waals surface area contributed by atoms with Crippen LogP contribution in [0.1, 0.15) is 6.92 Å². The summed E-state index contributed by atoms with van der Waals surface area (Å²) < 4.78 is 38.6. The summed E-state index contributed by atoms with van der Waals surface area (Å²) in [6.07, 6.45) is -1.61. The molecule has 0 radical (unpaired) electrons. The van der Waals surface area contributed by atoms with E-state index in [0.29, 0.717) is 6.92 Å². The molecular weight excluding hydrogens is 237 g/mol. The van der Waals surface area contributed by atoms with Crippen LogP contribution in [0.15, 0.2) is 18.5 Å². The van der Waals surface area contributed by atoms with E-state index in [9.17, 15) is 18.0 Å². The Morgan fingerprint density at radius 3 is 2.65 bits per heavy atom. The summed E-state index contributed by atoms with van der Waals surface area (Å²) in [6, 6.07) is 1.67. The smallest absolute Gasteiger partial charge is 0.352 e. The number of hydrogen-bond donors (Lipinski definition) is 2. The highest BCUT2D eigenvalue weighted by atomic mass is 19.4. The standard InChI is InChI=1S/C9H13F3N4O/c1-8(13,9(10,11)12)7(17)14-4-6-16-5-2-3-15-16/h2-3,5H,4,6,13H2,1H3,(H,14,17). The van der Waals surface area contributed by atoms with E-state index < -0.39 is 17.6 Å². The van der Waals surface area contributed by atoms with Gasteiger partial charge in [-0.3, -0.25) is 9.48 Å². The van der Waals surface area contributed by atoms with Gasteiger partial charge in [0.1, 0.15) is 0 Å². The largest absolute Gasteiger partial charge is 0.415 e. The number of amides is 1. The number of carbonyl (C=O) groups is 1. The molecule has 0 aromatic carbocycles. The number of nitrogens with zero attached hydrogens (tertiary/aromatic N) is 2. The van der Waals surface area contributed by atoms with Crippen molar-refractivity contribution in [1.29, 1.82) is 0 Å². The molecule has 0 bridgehead atoms. The maximum Gasteiger partial charge on any atom is 0.415 e. The highest BCUT2D eigenvalue weighted by Gasteiger charge is 2.53. The molecule has 5 nitrogen and oxygen atoms in total. The molecule has 1 aromatic heterocycles. The van der Waals surface area contributed by atoms with Crippen LogP contribution in [-0.2, 0) is 11.3 Å². The van der Waals surface area contributed by atoms with Crippen molar-refractivity contribution in [2.45, 2.75) is 25.2 Å². The summed E-state index contributed by atoms with van der Waals surface area (Å²) in [4.78, 5) is 11.3. The van der Waals surface area contributed by atoms with E-state index in [1.807, 2.05) is 0 Å². The van der Waals surface area contributed by atoms with Crippen LogP contribution < -0.4 is 11.1 Å². The van der Waals surface area contributed by atoms with Crippen molar-refractivity contribution in [2.75, 3.05) is 6.54 Å². The molecule has 1 aromatic rings. The lowest BCUT2D eigenvalue weighted by Crippen LogP contribution is -2.61. The normalized spacial score (nSPS) is 15.4. The number of halogens is 3. The van der Waals surface area contributed by atoms with Crippen LogP contribution in [0.25, 0.3) is 0 Å². The van der Waals surface area contributed by atoms with E-state index in [2.05, 4.69) is 10.4 Å². The van der Waals surface area contributed by atoms with Crippen molar-refractivity contribution >= 4 is 5.91 Å². The molecule has 0 spiro atoms. The number of alkyl halides is 3. The fourth-order valence-corrected chi connectivity index (χ4v) is 1.03. The summed E-state index contributed by atoms with van der Waals surface area (Å²) in [5.41, 5.74) is 2.06. The van der Waals surface area contributed by atoms with Gasteiger partial charge < -0.3 is 11.1 Å². The third kappa shape index (κ3) is 3.19. The fraction of sp³-hybridized carbons (Fsp3) is 0.556. The molecule has 8 heteroatoms. The van der Waals surface area contributed by atoms with E-state index >= 15 is 0 Å². The highest BCUT2D eigenvalue weighted by molar-refractivity contribution is 5.86. The van der Waals surface area contributed by atoms with Gasteiger partial charge in [0.25, 0.3) is 0 Å². The molecule has 1 amide bonds. The van der Waals surface area contributed by atoms with Gasteiger partial charge in [-0.25, -0.2) is 0 Å². The predicted octanol–water partition coefficient (Wildman–Crippen LogP) is 0.279. The minimum Gasteiger partial charge on any atom is -0.352 e. The summed E-state index contributed by atoms with van der Waals surface area (Å²) in [7, 11) is 0. The van der Waals surface area contributed by atoms with Crippen LogP contribution in [0.3, 0.4) is 0 Å². The molecule has 96 valence electrons. The Kier molecular flexibility index (Phi) is 3.76. The van der Waals surface area contributed by atoms with E-state index in [-0.39, 0.29) is 13.1 Å². The lowest BCUT2D eigenvalue weighted by Gasteiger charge is -2.26. The molecule has 0 saturated heterocycles. The first-order chi connectivity index (χ1) is 7.75. The molecule has 3 N–H and O–H groups in total. The number of hydrogen-bond acceptors (Lipinski definition) is 3. The summed E-state index contributed by atoms with van der Waals surface area (Å²) in [6.45, 7) is 0.951. The quantitative estimate of drug-likeness (QED) is 0.806. The van der Waals surface area contributed by atoms with Gasteiger partial charge in [-0.15, -0.1) is 0 Å². The van der Waals surface area contributed by atoms with Crippen molar-refractivity contribution in [1.82, 2.24) is 15.1 Å². The molecule has 1 rings (SSSR count). The Hall–Kier alpha value is -1.57. The minimum atomic E-state index is -4.78. The Balaban J connectivity index is 2.45. The fourth-order valence-electron chi connectivity index (χ4n) is 1.03. The van der Waals surface area contributed by atoms with Gasteiger partial charge in [-0.2, -0.15) is 18.3 Å². The van der Waals surface area contributed by atoms with Crippen LogP contribution in [0, 0.1) is 0 Å². The van der Waals surface area contributed by atoms with E-state index in [4.69, 9.17) is 5.73 Å². The van der Waals surface area contributed by atoms with Gasteiger partial charge in [0, 0.05) is 18.9 Å². The number of aromatic nitrogens is 2. The number of nitrogens with two attached hydrogens (primary N) is 1. The minimum absolute atomic E-state index is 0.0311. The SMILES string of the molecule is CC(N)(C(=O)NCCn1cccn1)C(F)(F)F. The van der Waals surface area contributed by atoms with Crippen molar-refractivity contribution in [3.8, 4) is 0 Å². The van der Waals surface area contributed by atoms with Crippen molar-refractivity contribution in [3.05, 3.63) is 18.5 Å². The first-order valence-electron chi connectivity index (χ1n) is 4.86. The second-order valence-electron chi connectivity index (χ2n) is 3.73. The molecule has 1 heterocycles. The maximum atomic E-state index is 12.4. The van der Waals surface area contributed by atoms with Crippen LogP contribution in [0.2, 0.25) is 0 Å². The monoisotopic (exact) mass is 250 g/mol. The first kappa shape index (κ1) is 13.5. The van der Waals surface area contributed by atoms with Gasteiger partial charge in [-0.05, 0) is 13.0 Å². The summed E-state index contributed by atoms with van der Waals surface area (Å²) in [5.74, 6) is -1.25. The molecular formula is C9H13F3N4O. The predicted molar refractivity (Wildman–Crippen MR) is 53.9 cm³/mol. The third-order valence-electron chi connectivity index (χ3n) is 2.25. The Bertz CT molecular complexity index is 372. The van der Waals surface area contributed by atoms with E-state index in [1.54, 1.807) is 12.3 Å². The van der Waals surface area contributed by atoms with Crippen molar-refractivity contribution < 1.29 is 18.0 Å². The zero-order chi connectivity index (χ0) is 13.1. The molecule has 0 saturated carbocycles. The van der Waals surface area contributed by atoms with E-state index in [1.165, 1.54) is 10.9 Å². The van der Waals surface area contributed by atoms with Gasteiger partial charge in [-0.1, -0.05) is 0 Å². The lowest BCUT2D eigenvalue weighted by molar-refractivity contribution is -0.187. The second kappa shape index (κ2) is 4.74. The Labute approximate surface area is 95.8 Å². The molecule has 0 aliphatic heterocycles. The van der Waals surface area contributed by atoms with E-state index in [0.717, 1.165) is 0 Å². The summed E-state index contributed by atoms with van der Waals surface area (Å²) >= 11 is 0. The third-order valence-corrected chi connectivity index (χ3v) is 2.25. The zero-order valence-electron chi connectivity index (χ0n) is 9.16. The summed E-state index contributed by atoms with van der Waals surface area (Å²) in [5, 5.41) is 5.96. The van der Waals surface area contributed by atoms with Gasteiger partial charge in [0.05, 0.1) is 6.54 Å². The molecule has 17 heavy (non-hydrogen) atoms. The molecule has 0 aliphatic carbocycles. The highest BCUT2D eigenvalue weighted by Crippen LogP contribution is 2.27. The molecule has 0 fully saturated rings. The van der Waals surface area contributed by atoms with Crippen LogP contribution in [-0.4, -0.2) is 33.9 Å². The average Bonchev–Trinajstić information content (AvgIpc) is 2.68. The zero-order valence-corrected chi connectivity index (χ0v) is 9.16. The molecule has 0 aliphatic rings. The van der Waals surface area contributed by atoms with Crippen molar-refractivity contribution in [3.63, 3.8) is 0 Å². The first-order valence-corrected chi connectivity index (χ1v) is 4.86. The second-order valence-corrected chi connectivity index (χ2v) is 3.73. The Morgan fingerprint density at radius 1 is 1.53 bits per heavy atom. The molecule has 1 unspecified atom stereocenters. The number of nitrogens with one attached hydrogen (secondary N) is 1. The number of rotatable bonds is 4. The van der Waals surface area contributed by atoms with Gasteiger partial charge in [0.15, 0.2) is 5.54 Å². The van der Waals surface area contributed by atoms with Gasteiger partial charge >= 0.3 is 6.18 Å². The van der Waals surface area contributed by atoms with Crippen molar-refractivity contribution in [2.24, 2.45) is 5.73 Å². The molecule has 1 atom stereocenters. The van der Waals surface area contributed by atoms with Crippen LogP contribution in [0.4, 0.5) is 13.2 Å². The number of carbonyl (C=O) groups excluding carboxylic acids is 1. The van der Waals surface area contributed by atoms with Crippen LogP contribution in [0.5, 0.6) is 0 Å².